The Morgan fingerprint density at radius 2 is 2.00 bits per heavy atom. The van der Waals surface area contributed by atoms with E-state index in [2.05, 4.69) is 16.8 Å². The first-order valence-electron chi connectivity index (χ1n) is 6.39. The predicted octanol–water partition coefficient (Wildman–Crippen LogP) is 2.66. The number of carbonyl (C=O) groups is 1. The van der Waals surface area contributed by atoms with Gasteiger partial charge < -0.3 is 0 Å². The van der Waals surface area contributed by atoms with E-state index < -0.39 is 0 Å². The van der Waals surface area contributed by atoms with Gasteiger partial charge >= 0.3 is 0 Å². The summed E-state index contributed by atoms with van der Waals surface area (Å²) in [5.74, 6) is 0.366. The molecule has 0 fully saturated rings. The first-order valence-corrected chi connectivity index (χ1v) is 6.39. The maximum atomic E-state index is 11.2. The topological polar surface area (TPSA) is 33.2 Å². The summed E-state index contributed by atoms with van der Waals surface area (Å²) in [6.07, 6.45) is 5.99. The van der Waals surface area contributed by atoms with Crippen LogP contribution in [-0.4, -0.2) is 28.8 Å². The molecule has 1 aromatic rings. The number of Topliss-reactive ketones (excluding diaryl/α,β-unsaturated/α-hetero) is 1. The Labute approximate surface area is 104 Å². The van der Waals surface area contributed by atoms with Crippen molar-refractivity contribution in [1.82, 2.24) is 9.88 Å². The van der Waals surface area contributed by atoms with Crippen molar-refractivity contribution in [3.05, 3.63) is 30.1 Å². The van der Waals surface area contributed by atoms with E-state index in [1.807, 2.05) is 31.5 Å². The van der Waals surface area contributed by atoms with E-state index in [-0.39, 0.29) is 0 Å². The summed E-state index contributed by atoms with van der Waals surface area (Å²) in [4.78, 5) is 17.6. The molecule has 0 saturated carbocycles. The second kappa shape index (κ2) is 7.96. The highest BCUT2D eigenvalue weighted by Crippen LogP contribution is 2.05. The van der Waals surface area contributed by atoms with Gasteiger partial charge in [0.25, 0.3) is 0 Å². The number of hydrogen-bond donors (Lipinski definition) is 0. The van der Waals surface area contributed by atoms with Crippen LogP contribution in [0.5, 0.6) is 0 Å². The van der Waals surface area contributed by atoms with Gasteiger partial charge in [-0.1, -0.05) is 13.8 Å². The Kier molecular flexibility index (Phi) is 6.48. The van der Waals surface area contributed by atoms with E-state index in [9.17, 15) is 4.79 Å². The van der Waals surface area contributed by atoms with Crippen molar-refractivity contribution in [3.8, 4) is 0 Å². The van der Waals surface area contributed by atoms with Crippen LogP contribution in [0.15, 0.2) is 24.5 Å². The van der Waals surface area contributed by atoms with Crippen molar-refractivity contribution in [2.75, 3.05) is 13.1 Å². The highest BCUT2D eigenvalue weighted by atomic mass is 16.1. The molecule has 0 aliphatic heterocycles. The molecular formula is C14H22N2O. The third-order valence-corrected chi connectivity index (χ3v) is 2.93. The van der Waals surface area contributed by atoms with E-state index >= 15 is 0 Å². The number of pyridine rings is 1. The second-order valence-electron chi connectivity index (χ2n) is 4.22. The van der Waals surface area contributed by atoms with E-state index in [1.165, 1.54) is 5.56 Å². The van der Waals surface area contributed by atoms with Crippen LogP contribution in [0.3, 0.4) is 0 Å². The zero-order chi connectivity index (χ0) is 12.5. The lowest BCUT2D eigenvalue weighted by molar-refractivity contribution is -0.118. The lowest BCUT2D eigenvalue weighted by Gasteiger charge is -2.20. The fourth-order valence-electron chi connectivity index (χ4n) is 1.77. The Balaban J connectivity index is 2.31. The van der Waals surface area contributed by atoms with Gasteiger partial charge in [0.1, 0.15) is 5.78 Å². The van der Waals surface area contributed by atoms with Crippen LogP contribution in [0.2, 0.25) is 0 Å². The summed E-state index contributed by atoms with van der Waals surface area (Å²) in [6.45, 7) is 7.03. The summed E-state index contributed by atoms with van der Waals surface area (Å²) in [6, 6.07) is 4.08. The van der Waals surface area contributed by atoms with Crippen LogP contribution in [0.1, 0.15) is 38.7 Å². The van der Waals surface area contributed by atoms with E-state index in [0.717, 1.165) is 26.1 Å². The van der Waals surface area contributed by atoms with Gasteiger partial charge in [0, 0.05) is 31.8 Å². The maximum Gasteiger partial charge on any atom is 0.132 e. The third kappa shape index (κ3) is 5.59. The van der Waals surface area contributed by atoms with Crippen LogP contribution in [0.4, 0.5) is 0 Å². The van der Waals surface area contributed by atoms with Crippen molar-refractivity contribution >= 4 is 5.78 Å². The van der Waals surface area contributed by atoms with Gasteiger partial charge in [-0.25, -0.2) is 0 Å². The number of hydrogen-bond acceptors (Lipinski definition) is 3. The van der Waals surface area contributed by atoms with Crippen molar-refractivity contribution in [1.29, 1.82) is 0 Å². The van der Waals surface area contributed by atoms with Gasteiger partial charge in [0.15, 0.2) is 0 Å². The fourth-order valence-corrected chi connectivity index (χ4v) is 1.77. The highest BCUT2D eigenvalue weighted by Gasteiger charge is 2.05. The van der Waals surface area contributed by atoms with E-state index in [4.69, 9.17) is 0 Å². The van der Waals surface area contributed by atoms with Crippen LogP contribution < -0.4 is 0 Å². The monoisotopic (exact) mass is 234 g/mol. The molecule has 0 aromatic carbocycles. The molecule has 0 aliphatic rings. The van der Waals surface area contributed by atoms with Gasteiger partial charge in [-0.2, -0.15) is 0 Å². The first kappa shape index (κ1) is 13.8. The molecule has 0 spiro atoms. The lowest BCUT2D eigenvalue weighted by atomic mass is 10.1. The van der Waals surface area contributed by atoms with Crippen LogP contribution in [0.25, 0.3) is 0 Å². The summed E-state index contributed by atoms with van der Waals surface area (Å²) in [5, 5.41) is 0. The summed E-state index contributed by atoms with van der Waals surface area (Å²) < 4.78 is 0. The minimum atomic E-state index is 0.366. The van der Waals surface area contributed by atoms with Crippen molar-refractivity contribution in [2.24, 2.45) is 0 Å². The van der Waals surface area contributed by atoms with Gasteiger partial charge in [0.05, 0.1) is 0 Å². The average Bonchev–Trinajstić information content (AvgIpc) is 2.38. The third-order valence-electron chi connectivity index (χ3n) is 2.93. The zero-order valence-corrected chi connectivity index (χ0v) is 10.9. The highest BCUT2D eigenvalue weighted by molar-refractivity contribution is 5.77. The number of aromatic nitrogens is 1. The molecule has 3 nitrogen and oxygen atoms in total. The molecule has 94 valence electrons. The normalized spacial score (nSPS) is 10.8. The second-order valence-corrected chi connectivity index (χ2v) is 4.22. The zero-order valence-electron chi connectivity index (χ0n) is 10.9. The van der Waals surface area contributed by atoms with Gasteiger partial charge in [0.2, 0.25) is 0 Å². The molecule has 0 bridgehead atoms. The SMILES string of the molecule is CCC(=O)CCCN(CC)Cc1ccncc1. The summed E-state index contributed by atoms with van der Waals surface area (Å²) in [5.41, 5.74) is 1.28. The van der Waals surface area contributed by atoms with E-state index in [1.54, 1.807) is 0 Å². The molecule has 0 saturated heterocycles. The molecule has 17 heavy (non-hydrogen) atoms. The minimum Gasteiger partial charge on any atom is -0.300 e. The molecule has 1 aromatic heterocycles. The van der Waals surface area contributed by atoms with Gasteiger partial charge in [-0.05, 0) is 37.2 Å². The minimum absolute atomic E-state index is 0.366. The summed E-state index contributed by atoms with van der Waals surface area (Å²) >= 11 is 0. The maximum absolute atomic E-state index is 11.2. The van der Waals surface area contributed by atoms with Crippen LogP contribution in [-0.2, 0) is 11.3 Å². The molecule has 1 rings (SSSR count). The van der Waals surface area contributed by atoms with Gasteiger partial charge in [-0.15, -0.1) is 0 Å². The predicted molar refractivity (Wildman–Crippen MR) is 69.7 cm³/mol. The number of nitrogens with zero attached hydrogens (tertiary/aromatic N) is 2. The first-order chi connectivity index (χ1) is 8.26. The standard InChI is InChI=1S/C14H22N2O/c1-3-14(17)6-5-11-16(4-2)12-13-7-9-15-10-8-13/h7-10H,3-6,11-12H2,1-2H3. The van der Waals surface area contributed by atoms with Crippen LogP contribution in [0, 0.1) is 0 Å². The van der Waals surface area contributed by atoms with Crippen molar-refractivity contribution < 1.29 is 4.79 Å². The Hall–Kier alpha value is -1.22. The van der Waals surface area contributed by atoms with Crippen molar-refractivity contribution in [3.63, 3.8) is 0 Å². The molecule has 0 amide bonds. The molecular weight excluding hydrogens is 212 g/mol. The molecule has 0 N–H and O–H groups in total. The lowest BCUT2D eigenvalue weighted by Crippen LogP contribution is -2.24. The molecule has 0 unspecified atom stereocenters. The smallest absolute Gasteiger partial charge is 0.132 e. The molecule has 0 radical (unpaired) electrons. The van der Waals surface area contributed by atoms with Crippen LogP contribution >= 0.6 is 0 Å². The molecule has 0 aliphatic carbocycles. The molecule has 1 heterocycles. The number of carbonyl (C=O) groups excluding carboxylic acids is 1. The Morgan fingerprint density at radius 1 is 1.29 bits per heavy atom. The molecule has 0 atom stereocenters. The summed E-state index contributed by atoms with van der Waals surface area (Å²) in [7, 11) is 0. The number of rotatable bonds is 8. The number of ketones is 1. The fraction of sp³-hybridized carbons (Fsp3) is 0.571. The van der Waals surface area contributed by atoms with Gasteiger partial charge in [-0.3, -0.25) is 14.7 Å². The Morgan fingerprint density at radius 3 is 2.59 bits per heavy atom. The average molecular weight is 234 g/mol. The van der Waals surface area contributed by atoms with E-state index in [0.29, 0.717) is 18.6 Å². The molecule has 3 heteroatoms. The Bertz CT molecular complexity index is 324. The largest absolute Gasteiger partial charge is 0.300 e. The quantitative estimate of drug-likeness (QED) is 0.693. The van der Waals surface area contributed by atoms with Crippen molar-refractivity contribution in [2.45, 2.75) is 39.7 Å².